The van der Waals surface area contributed by atoms with E-state index in [1.165, 1.54) is 18.4 Å². The van der Waals surface area contributed by atoms with Crippen molar-refractivity contribution in [2.45, 2.75) is 38.8 Å². The molecule has 0 amide bonds. The number of hydrogen-bond donors (Lipinski definition) is 1. The van der Waals surface area contributed by atoms with Crippen LogP contribution in [0.15, 0.2) is 24.5 Å². The van der Waals surface area contributed by atoms with Gasteiger partial charge < -0.3 is 5.73 Å². The van der Waals surface area contributed by atoms with Crippen LogP contribution in [0.3, 0.4) is 0 Å². The van der Waals surface area contributed by atoms with Gasteiger partial charge in [0.15, 0.2) is 0 Å². The molecular weight excluding hydrogens is 281 g/mol. The van der Waals surface area contributed by atoms with Crippen LogP contribution >= 0.6 is 24.8 Å². The van der Waals surface area contributed by atoms with Gasteiger partial charge in [0, 0.05) is 24.5 Å². The van der Waals surface area contributed by atoms with Gasteiger partial charge in [-0.05, 0) is 57.3 Å². The summed E-state index contributed by atoms with van der Waals surface area (Å²) in [6.45, 7) is 6.71. The highest BCUT2D eigenvalue weighted by Crippen LogP contribution is 2.26. The maximum absolute atomic E-state index is 5.97. The molecule has 2 N–H and O–H groups in total. The second-order valence-electron chi connectivity index (χ2n) is 5.19. The molecule has 0 bridgehead atoms. The van der Waals surface area contributed by atoms with Gasteiger partial charge in [0.2, 0.25) is 0 Å². The number of pyridine rings is 1. The molecule has 0 aromatic carbocycles. The summed E-state index contributed by atoms with van der Waals surface area (Å²) in [4.78, 5) is 6.73. The molecule has 1 aromatic heterocycles. The van der Waals surface area contributed by atoms with E-state index in [1.807, 2.05) is 18.5 Å². The van der Waals surface area contributed by atoms with Gasteiger partial charge in [-0.15, -0.1) is 24.8 Å². The number of likely N-dealkylation sites (tertiary alicyclic amines) is 1. The lowest BCUT2D eigenvalue weighted by molar-refractivity contribution is 0.132. The fraction of sp³-hybridized carbons (Fsp3) is 0.643. The number of rotatable bonds is 3. The van der Waals surface area contributed by atoms with E-state index in [2.05, 4.69) is 29.8 Å². The first kappa shape index (κ1) is 18.7. The summed E-state index contributed by atoms with van der Waals surface area (Å²) >= 11 is 0. The minimum Gasteiger partial charge on any atom is -0.328 e. The van der Waals surface area contributed by atoms with Gasteiger partial charge in [-0.2, -0.15) is 0 Å². The van der Waals surface area contributed by atoms with Gasteiger partial charge in [-0.3, -0.25) is 9.88 Å². The molecule has 3 nitrogen and oxygen atoms in total. The topological polar surface area (TPSA) is 42.1 Å². The van der Waals surface area contributed by atoms with Crippen molar-refractivity contribution in [1.29, 1.82) is 0 Å². The van der Waals surface area contributed by atoms with E-state index in [4.69, 9.17) is 5.73 Å². The van der Waals surface area contributed by atoms with Crippen LogP contribution in [0.4, 0.5) is 0 Å². The molecule has 1 fully saturated rings. The van der Waals surface area contributed by atoms with Crippen LogP contribution < -0.4 is 5.73 Å². The van der Waals surface area contributed by atoms with E-state index < -0.39 is 0 Å². The Hall–Kier alpha value is -0.350. The molecule has 0 aliphatic carbocycles. The van der Waals surface area contributed by atoms with Crippen molar-refractivity contribution < 1.29 is 0 Å². The van der Waals surface area contributed by atoms with Crippen LogP contribution in [0.25, 0.3) is 0 Å². The minimum absolute atomic E-state index is 0. The van der Waals surface area contributed by atoms with E-state index in [0.717, 1.165) is 13.1 Å². The SMILES string of the molecule is CC(N)C1CCN(C(C)c2cccnc2)CC1.Cl.Cl. The molecule has 2 unspecified atom stereocenters. The molecule has 2 heterocycles. The first-order chi connectivity index (χ1) is 8.18. The van der Waals surface area contributed by atoms with Crippen LogP contribution in [-0.4, -0.2) is 29.0 Å². The van der Waals surface area contributed by atoms with Crippen molar-refractivity contribution in [3.05, 3.63) is 30.1 Å². The first-order valence-corrected chi connectivity index (χ1v) is 6.58. The minimum atomic E-state index is 0. The maximum Gasteiger partial charge on any atom is 0.0335 e. The number of nitrogens with two attached hydrogens (primary N) is 1. The summed E-state index contributed by atoms with van der Waals surface area (Å²) in [7, 11) is 0. The summed E-state index contributed by atoms with van der Waals surface area (Å²) in [5.74, 6) is 0.701. The van der Waals surface area contributed by atoms with Gasteiger partial charge in [0.05, 0.1) is 0 Å². The first-order valence-electron chi connectivity index (χ1n) is 6.58. The maximum atomic E-state index is 5.97. The van der Waals surface area contributed by atoms with Crippen LogP contribution in [0.1, 0.15) is 38.3 Å². The van der Waals surface area contributed by atoms with E-state index in [9.17, 15) is 0 Å². The quantitative estimate of drug-likeness (QED) is 0.933. The zero-order valence-corrected chi connectivity index (χ0v) is 13.3. The van der Waals surface area contributed by atoms with Gasteiger partial charge in [-0.1, -0.05) is 6.07 Å². The summed E-state index contributed by atoms with van der Waals surface area (Å²) in [5, 5.41) is 0. The molecule has 1 aromatic rings. The molecule has 110 valence electrons. The second-order valence-corrected chi connectivity index (χ2v) is 5.19. The van der Waals surface area contributed by atoms with Crippen molar-refractivity contribution in [2.24, 2.45) is 11.7 Å². The molecule has 1 aliphatic rings. The fourth-order valence-corrected chi connectivity index (χ4v) is 2.67. The second kappa shape index (κ2) is 8.75. The Morgan fingerprint density at radius 2 is 1.89 bits per heavy atom. The van der Waals surface area contributed by atoms with Gasteiger partial charge in [0.1, 0.15) is 0 Å². The highest BCUT2D eigenvalue weighted by atomic mass is 35.5. The molecule has 2 rings (SSSR count). The lowest BCUT2D eigenvalue weighted by Crippen LogP contribution is -2.40. The van der Waals surface area contributed by atoms with Crippen LogP contribution in [0.5, 0.6) is 0 Å². The lowest BCUT2D eigenvalue weighted by atomic mass is 9.90. The predicted octanol–water partition coefficient (Wildman–Crippen LogP) is 3.05. The zero-order valence-electron chi connectivity index (χ0n) is 11.7. The highest BCUT2D eigenvalue weighted by molar-refractivity contribution is 5.85. The predicted molar refractivity (Wildman–Crippen MR) is 85.1 cm³/mol. The third-order valence-corrected chi connectivity index (χ3v) is 4.03. The fourth-order valence-electron chi connectivity index (χ4n) is 2.67. The number of halogens is 2. The molecular formula is C14H25Cl2N3. The standard InChI is InChI=1S/C14H23N3.2ClH/c1-11(15)13-5-8-17(9-6-13)12(2)14-4-3-7-16-10-14;;/h3-4,7,10-13H,5-6,8-9,15H2,1-2H3;2*1H. The normalized spacial score (nSPS) is 19.9. The molecule has 5 heteroatoms. The van der Waals surface area contributed by atoms with Gasteiger partial charge in [-0.25, -0.2) is 0 Å². The van der Waals surface area contributed by atoms with Crippen molar-refractivity contribution in [3.8, 4) is 0 Å². The van der Waals surface area contributed by atoms with Crippen LogP contribution in [0, 0.1) is 5.92 Å². The lowest BCUT2D eigenvalue weighted by Gasteiger charge is -2.37. The molecule has 19 heavy (non-hydrogen) atoms. The molecule has 0 spiro atoms. The Morgan fingerprint density at radius 3 is 2.37 bits per heavy atom. The Labute approximate surface area is 128 Å². The Balaban J connectivity index is 0.00000162. The molecule has 0 saturated carbocycles. The van der Waals surface area contributed by atoms with Crippen LogP contribution in [-0.2, 0) is 0 Å². The van der Waals surface area contributed by atoms with Crippen molar-refractivity contribution in [3.63, 3.8) is 0 Å². The van der Waals surface area contributed by atoms with E-state index >= 15 is 0 Å². The summed E-state index contributed by atoms with van der Waals surface area (Å²) in [6.07, 6.45) is 6.26. The van der Waals surface area contributed by atoms with E-state index in [0.29, 0.717) is 18.0 Å². The zero-order chi connectivity index (χ0) is 12.3. The summed E-state index contributed by atoms with van der Waals surface area (Å²) in [6, 6.07) is 4.99. The third-order valence-electron chi connectivity index (χ3n) is 4.03. The average Bonchev–Trinajstić information content (AvgIpc) is 2.39. The monoisotopic (exact) mass is 305 g/mol. The average molecular weight is 306 g/mol. The largest absolute Gasteiger partial charge is 0.328 e. The summed E-state index contributed by atoms with van der Waals surface area (Å²) in [5.41, 5.74) is 7.28. The smallest absolute Gasteiger partial charge is 0.0335 e. The van der Waals surface area contributed by atoms with Crippen molar-refractivity contribution in [1.82, 2.24) is 9.88 Å². The molecule has 1 saturated heterocycles. The van der Waals surface area contributed by atoms with Crippen LogP contribution in [0.2, 0.25) is 0 Å². The van der Waals surface area contributed by atoms with E-state index in [1.54, 1.807) is 0 Å². The summed E-state index contributed by atoms with van der Waals surface area (Å²) < 4.78 is 0. The molecule has 2 atom stereocenters. The third kappa shape index (κ3) is 4.92. The number of aromatic nitrogens is 1. The van der Waals surface area contributed by atoms with Crippen molar-refractivity contribution in [2.75, 3.05) is 13.1 Å². The number of piperidine rings is 1. The Kier molecular flexibility index (Phi) is 8.59. The number of nitrogens with zero attached hydrogens (tertiary/aromatic N) is 2. The Morgan fingerprint density at radius 1 is 1.26 bits per heavy atom. The Bertz CT molecular complexity index is 338. The van der Waals surface area contributed by atoms with Gasteiger partial charge in [0.25, 0.3) is 0 Å². The molecule has 0 radical (unpaired) electrons. The van der Waals surface area contributed by atoms with Crippen molar-refractivity contribution >= 4 is 24.8 Å². The highest BCUT2D eigenvalue weighted by Gasteiger charge is 2.25. The number of hydrogen-bond acceptors (Lipinski definition) is 3. The van der Waals surface area contributed by atoms with E-state index in [-0.39, 0.29) is 24.8 Å². The molecule has 1 aliphatic heterocycles. The van der Waals surface area contributed by atoms with Gasteiger partial charge >= 0.3 is 0 Å².